The Morgan fingerprint density at radius 3 is 2.54 bits per heavy atom. The molecule has 3 rings (SSSR count). The van der Waals surface area contributed by atoms with Crippen molar-refractivity contribution in [2.24, 2.45) is 13.0 Å². The maximum Gasteiger partial charge on any atom is 0.410 e. The Labute approximate surface area is 149 Å². The van der Waals surface area contributed by atoms with Gasteiger partial charge in [-0.05, 0) is 58.4 Å². The minimum atomic E-state index is -0.414. The van der Waals surface area contributed by atoms with Gasteiger partial charge in [-0.1, -0.05) is 0 Å². The quantitative estimate of drug-likeness (QED) is 0.768. The summed E-state index contributed by atoms with van der Waals surface area (Å²) in [7, 11) is 2.04. The van der Waals surface area contributed by atoms with Crippen molar-refractivity contribution in [1.29, 1.82) is 0 Å². The molecule has 5 nitrogen and oxygen atoms in total. The Hall–Kier alpha value is -1.17. The largest absolute Gasteiger partial charge is 0.444 e. The van der Waals surface area contributed by atoms with Gasteiger partial charge in [-0.3, -0.25) is 4.68 Å². The molecule has 134 valence electrons. The summed E-state index contributed by atoms with van der Waals surface area (Å²) in [6, 6.07) is 2.26. The third kappa shape index (κ3) is 4.68. The average molecular weight is 352 g/mol. The Balaban J connectivity index is 1.43. The summed E-state index contributed by atoms with van der Waals surface area (Å²) in [5, 5.41) is 5.90. The van der Waals surface area contributed by atoms with Crippen molar-refractivity contribution in [3.8, 4) is 0 Å². The molecule has 0 radical (unpaired) electrons. The summed E-state index contributed by atoms with van der Waals surface area (Å²) in [6.45, 7) is 7.35. The smallest absolute Gasteiger partial charge is 0.410 e. The number of amides is 1. The lowest BCUT2D eigenvalue weighted by atomic mass is 9.99. The molecule has 1 aromatic rings. The van der Waals surface area contributed by atoms with E-state index in [-0.39, 0.29) is 6.09 Å². The van der Waals surface area contributed by atoms with Gasteiger partial charge < -0.3 is 9.64 Å². The van der Waals surface area contributed by atoms with Crippen LogP contribution in [0, 0.1) is 5.92 Å². The number of carbonyl (C=O) groups is 1. The van der Waals surface area contributed by atoms with Gasteiger partial charge in [-0.25, -0.2) is 4.79 Å². The van der Waals surface area contributed by atoms with Gasteiger partial charge in [-0.15, -0.1) is 11.8 Å². The second kappa shape index (κ2) is 6.98. The van der Waals surface area contributed by atoms with E-state index in [0.717, 1.165) is 31.7 Å². The first-order valence-corrected chi connectivity index (χ1v) is 9.95. The van der Waals surface area contributed by atoms with Crippen LogP contribution in [-0.2, 0) is 11.8 Å². The van der Waals surface area contributed by atoms with Crippen molar-refractivity contribution in [1.82, 2.24) is 14.7 Å². The molecule has 2 fully saturated rings. The maximum atomic E-state index is 12.1. The molecule has 0 bridgehead atoms. The second-order valence-corrected chi connectivity index (χ2v) is 9.07. The van der Waals surface area contributed by atoms with E-state index >= 15 is 0 Å². The van der Waals surface area contributed by atoms with Gasteiger partial charge in [0.1, 0.15) is 5.60 Å². The second-order valence-electron chi connectivity index (χ2n) is 8.03. The number of nitrogens with zero attached hydrogens (tertiary/aromatic N) is 3. The number of carbonyl (C=O) groups excluding carboxylic acids is 1. The van der Waals surface area contributed by atoms with E-state index in [1.165, 1.54) is 23.6 Å². The fourth-order valence-corrected chi connectivity index (χ4v) is 4.17. The molecule has 1 saturated carbocycles. The Bertz CT molecular complexity index is 582. The predicted octanol–water partition coefficient (Wildman–Crippen LogP) is 4.04. The minimum absolute atomic E-state index is 0.172. The number of thioether (sulfide) groups is 1. The normalized spacial score (nSPS) is 19.6. The standard InChI is InChI=1S/C18H29N3O2S/c1-18(2,3)23-17(22)21-9-7-13(8-10-21)12-24-16-11-15(14-5-6-14)19-20(16)4/h11,13-14H,5-10,12H2,1-4H3. The van der Waals surface area contributed by atoms with Crippen molar-refractivity contribution in [3.63, 3.8) is 0 Å². The summed E-state index contributed by atoms with van der Waals surface area (Å²) < 4.78 is 7.48. The van der Waals surface area contributed by atoms with Gasteiger partial charge in [0.15, 0.2) is 0 Å². The summed E-state index contributed by atoms with van der Waals surface area (Å²) in [5.41, 5.74) is 0.850. The number of aromatic nitrogens is 2. The Kier molecular flexibility index (Phi) is 5.13. The van der Waals surface area contributed by atoms with Crippen LogP contribution in [0.15, 0.2) is 11.1 Å². The van der Waals surface area contributed by atoms with Crippen LogP contribution in [0.4, 0.5) is 4.79 Å². The summed E-state index contributed by atoms with van der Waals surface area (Å²) in [4.78, 5) is 14.0. The molecule has 0 N–H and O–H groups in total. The SMILES string of the molecule is Cn1nc(C2CC2)cc1SCC1CCN(C(=O)OC(C)(C)C)CC1. The van der Waals surface area contributed by atoms with Crippen LogP contribution >= 0.6 is 11.8 Å². The number of rotatable bonds is 4. The zero-order valence-corrected chi connectivity index (χ0v) is 16.1. The predicted molar refractivity (Wildman–Crippen MR) is 96.4 cm³/mol. The third-order valence-corrected chi connectivity index (χ3v) is 5.90. The highest BCUT2D eigenvalue weighted by molar-refractivity contribution is 7.99. The van der Waals surface area contributed by atoms with Crippen molar-refractivity contribution >= 4 is 17.9 Å². The van der Waals surface area contributed by atoms with Crippen LogP contribution in [0.5, 0.6) is 0 Å². The molecular weight excluding hydrogens is 322 g/mol. The molecule has 1 aliphatic heterocycles. The van der Waals surface area contributed by atoms with Crippen molar-refractivity contribution in [2.75, 3.05) is 18.8 Å². The number of ether oxygens (including phenoxy) is 1. The molecule has 2 aliphatic rings. The first-order chi connectivity index (χ1) is 11.3. The first kappa shape index (κ1) is 17.6. The van der Waals surface area contributed by atoms with Gasteiger partial charge >= 0.3 is 6.09 Å². The summed E-state index contributed by atoms with van der Waals surface area (Å²) in [5.74, 6) is 2.47. The van der Waals surface area contributed by atoms with E-state index in [0.29, 0.717) is 11.8 Å². The number of likely N-dealkylation sites (tertiary alicyclic amines) is 1. The molecule has 0 unspecified atom stereocenters. The van der Waals surface area contributed by atoms with E-state index in [4.69, 9.17) is 4.74 Å². The van der Waals surface area contributed by atoms with Crippen LogP contribution in [0.25, 0.3) is 0 Å². The Morgan fingerprint density at radius 2 is 1.96 bits per heavy atom. The lowest BCUT2D eigenvalue weighted by Crippen LogP contribution is -2.42. The lowest BCUT2D eigenvalue weighted by Gasteiger charge is -2.33. The van der Waals surface area contributed by atoms with E-state index in [1.54, 1.807) is 0 Å². The van der Waals surface area contributed by atoms with Gasteiger partial charge in [0.25, 0.3) is 0 Å². The molecule has 0 spiro atoms. The maximum absolute atomic E-state index is 12.1. The van der Waals surface area contributed by atoms with Gasteiger partial charge in [0, 0.05) is 31.8 Å². The summed E-state index contributed by atoms with van der Waals surface area (Å²) in [6.07, 6.45) is 4.53. The number of hydrogen-bond acceptors (Lipinski definition) is 4. The van der Waals surface area contributed by atoms with E-state index in [2.05, 4.69) is 11.2 Å². The Morgan fingerprint density at radius 1 is 1.29 bits per heavy atom. The van der Waals surface area contributed by atoms with Crippen LogP contribution in [0.1, 0.15) is 58.1 Å². The van der Waals surface area contributed by atoms with Crippen LogP contribution in [0.2, 0.25) is 0 Å². The molecule has 1 aliphatic carbocycles. The van der Waals surface area contributed by atoms with E-state index in [1.807, 2.05) is 49.2 Å². The van der Waals surface area contributed by atoms with Gasteiger partial charge in [0.05, 0.1) is 10.7 Å². The topological polar surface area (TPSA) is 47.4 Å². The average Bonchev–Trinajstić information content (AvgIpc) is 3.28. The van der Waals surface area contributed by atoms with Gasteiger partial charge in [-0.2, -0.15) is 5.10 Å². The van der Waals surface area contributed by atoms with E-state index in [9.17, 15) is 4.79 Å². The molecule has 1 aromatic heterocycles. The van der Waals surface area contributed by atoms with Crippen molar-refractivity contribution in [2.45, 2.75) is 63.0 Å². The molecule has 2 heterocycles. The van der Waals surface area contributed by atoms with Crippen LogP contribution < -0.4 is 0 Å². The number of aryl methyl sites for hydroxylation is 1. The highest BCUT2D eigenvalue weighted by atomic mass is 32.2. The number of hydrogen-bond donors (Lipinski definition) is 0. The van der Waals surface area contributed by atoms with Crippen LogP contribution in [-0.4, -0.2) is 45.2 Å². The lowest BCUT2D eigenvalue weighted by molar-refractivity contribution is 0.0191. The molecule has 1 amide bonds. The van der Waals surface area contributed by atoms with E-state index < -0.39 is 5.60 Å². The zero-order valence-electron chi connectivity index (χ0n) is 15.2. The highest BCUT2D eigenvalue weighted by Gasteiger charge is 2.28. The molecular formula is C18H29N3O2S. The monoisotopic (exact) mass is 351 g/mol. The molecule has 0 atom stereocenters. The fourth-order valence-electron chi connectivity index (χ4n) is 3.00. The summed E-state index contributed by atoms with van der Waals surface area (Å²) >= 11 is 1.90. The van der Waals surface area contributed by atoms with Crippen molar-refractivity contribution in [3.05, 3.63) is 11.8 Å². The third-order valence-electron chi connectivity index (χ3n) is 4.58. The molecule has 0 aromatic carbocycles. The fraction of sp³-hybridized carbons (Fsp3) is 0.778. The number of piperidine rings is 1. The minimum Gasteiger partial charge on any atom is -0.444 e. The molecule has 6 heteroatoms. The van der Waals surface area contributed by atoms with Crippen molar-refractivity contribution < 1.29 is 9.53 Å². The van der Waals surface area contributed by atoms with Crippen LogP contribution in [0.3, 0.4) is 0 Å². The molecule has 24 heavy (non-hydrogen) atoms. The first-order valence-electron chi connectivity index (χ1n) is 8.96. The zero-order chi connectivity index (χ0) is 17.3. The van der Waals surface area contributed by atoms with Gasteiger partial charge in [0.2, 0.25) is 0 Å². The molecule has 1 saturated heterocycles. The highest BCUT2D eigenvalue weighted by Crippen LogP contribution is 2.40.